The van der Waals surface area contributed by atoms with Gasteiger partial charge in [-0.05, 0) is 30.3 Å². The minimum atomic E-state index is -0.582. The summed E-state index contributed by atoms with van der Waals surface area (Å²) >= 11 is 5.69. The molecule has 0 unspecified atom stereocenters. The van der Waals surface area contributed by atoms with Crippen molar-refractivity contribution in [3.05, 3.63) is 53.1 Å². The molecule has 0 aliphatic carbocycles. The third-order valence-corrected chi connectivity index (χ3v) is 3.08. The van der Waals surface area contributed by atoms with E-state index in [0.29, 0.717) is 5.56 Å². The van der Waals surface area contributed by atoms with Gasteiger partial charge in [0.2, 0.25) is 5.82 Å². The lowest BCUT2D eigenvalue weighted by atomic mass is 10.2. The number of nitrogens with zero attached hydrogens (tertiary/aromatic N) is 2. The highest BCUT2D eigenvalue weighted by Gasteiger charge is 2.15. The van der Waals surface area contributed by atoms with Gasteiger partial charge in [0.1, 0.15) is 17.4 Å². The molecular weight excluding hydrogens is 302 g/mol. The molecule has 4 nitrogen and oxygen atoms in total. The van der Waals surface area contributed by atoms with E-state index in [9.17, 15) is 13.9 Å². The second kappa shape index (κ2) is 5.14. The van der Waals surface area contributed by atoms with Crippen LogP contribution in [-0.4, -0.2) is 15.2 Å². The lowest BCUT2D eigenvalue weighted by Crippen LogP contribution is -1.84. The van der Waals surface area contributed by atoms with E-state index in [-0.39, 0.29) is 28.1 Å². The maximum Gasteiger partial charge on any atom is 0.262 e. The average Bonchev–Trinajstić information content (AvgIpc) is 2.91. The molecule has 0 aliphatic rings. The van der Waals surface area contributed by atoms with Gasteiger partial charge in [0.25, 0.3) is 5.89 Å². The van der Waals surface area contributed by atoms with Crippen LogP contribution in [0.4, 0.5) is 8.78 Å². The summed E-state index contributed by atoms with van der Waals surface area (Å²) in [5.41, 5.74) is 0.654. The minimum Gasteiger partial charge on any atom is -0.507 e. The largest absolute Gasteiger partial charge is 0.507 e. The number of halogens is 3. The molecule has 0 aliphatic heterocycles. The molecule has 1 heterocycles. The Morgan fingerprint density at radius 1 is 1.10 bits per heavy atom. The summed E-state index contributed by atoms with van der Waals surface area (Å²) in [6, 6.07) is 7.40. The van der Waals surface area contributed by atoms with E-state index in [1.165, 1.54) is 24.3 Å². The second-order valence-corrected chi connectivity index (χ2v) is 4.62. The summed E-state index contributed by atoms with van der Waals surface area (Å²) in [5.74, 6) is -1.26. The number of phenolic OH excluding ortho intramolecular Hbond substituents is 1. The minimum absolute atomic E-state index is 0.0166. The van der Waals surface area contributed by atoms with Crippen LogP contribution >= 0.6 is 11.6 Å². The maximum atomic E-state index is 13.1. The molecule has 3 rings (SSSR count). The van der Waals surface area contributed by atoms with Crippen LogP contribution in [0.3, 0.4) is 0 Å². The normalized spacial score (nSPS) is 10.8. The first-order valence-electron chi connectivity index (χ1n) is 5.82. The zero-order valence-corrected chi connectivity index (χ0v) is 11.1. The Hall–Kier alpha value is -2.47. The molecule has 106 valence electrons. The first-order chi connectivity index (χ1) is 10.0. The van der Waals surface area contributed by atoms with Gasteiger partial charge in [-0.3, -0.25) is 0 Å². The zero-order valence-electron chi connectivity index (χ0n) is 10.3. The molecule has 0 radical (unpaired) electrons. The number of hydrogen-bond acceptors (Lipinski definition) is 4. The molecule has 1 N–H and O–H groups in total. The van der Waals surface area contributed by atoms with Crippen LogP contribution in [0.1, 0.15) is 0 Å². The molecule has 0 amide bonds. The molecule has 7 heteroatoms. The molecular formula is C14H7ClF2N2O2. The number of benzene rings is 2. The molecule has 0 saturated heterocycles. The van der Waals surface area contributed by atoms with Gasteiger partial charge in [-0.25, -0.2) is 8.78 Å². The number of rotatable bonds is 2. The van der Waals surface area contributed by atoms with Crippen LogP contribution in [-0.2, 0) is 0 Å². The fourth-order valence-corrected chi connectivity index (χ4v) is 1.95. The van der Waals surface area contributed by atoms with Gasteiger partial charge in [-0.1, -0.05) is 16.8 Å². The lowest BCUT2D eigenvalue weighted by molar-refractivity contribution is 0.425. The zero-order chi connectivity index (χ0) is 15.0. The van der Waals surface area contributed by atoms with Gasteiger partial charge in [-0.15, -0.1) is 0 Å². The third-order valence-electron chi connectivity index (χ3n) is 2.79. The standard InChI is InChI=1S/C14H7ClF2N2O2/c15-10-5-7(1-4-11(10)17)13-18-14(21-19-13)9-3-2-8(16)6-12(9)20/h1-6,20H. The van der Waals surface area contributed by atoms with Crippen molar-refractivity contribution in [1.82, 2.24) is 10.1 Å². The molecule has 0 saturated carbocycles. The second-order valence-electron chi connectivity index (χ2n) is 4.21. The van der Waals surface area contributed by atoms with Crippen molar-refractivity contribution in [3.8, 4) is 28.6 Å². The average molecular weight is 309 g/mol. The summed E-state index contributed by atoms with van der Waals surface area (Å²) in [6.07, 6.45) is 0. The summed E-state index contributed by atoms with van der Waals surface area (Å²) < 4.78 is 31.1. The highest BCUT2D eigenvalue weighted by atomic mass is 35.5. The summed E-state index contributed by atoms with van der Waals surface area (Å²) in [6.45, 7) is 0. The van der Waals surface area contributed by atoms with E-state index in [2.05, 4.69) is 10.1 Å². The molecule has 21 heavy (non-hydrogen) atoms. The quantitative estimate of drug-likeness (QED) is 0.776. The van der Waals surface area contributed by atoms with Gasteiger partial charge in [0.05, 0.1) is 10.6 Å². The summed E-state index contributed by atoms with van der Waals surface area (Å²) in [5, 5.41) is 13.3. The van der Waals surface area contributed by atoms with E-state index in [1.54, 1.807) is 0 Å². The molecule has 0 atom stereocenters. The molecule has 3 aromatic rings. The Bertz CT molecular complexity index is 820. The fourth-order valence-electron chi connectivity index (χ4n) is 1.77. The van der Waals surface area contributed by atoms with Crippen LogP contribution in [0.15, 0.2) is 40.9 Å². The SMILES string of the molecule is Oc1cc(F)ccc1-c1nc(-c2ccc(F)c(Cl)c2)no1. The number of phenols is 1. The van der Waals surface area contributed by atoms with Crippen molar-refractivity contribution in [2.24, 2.45) is 0 Å². The fraction of sp³-hybridized carbons (Fsp3) is 0. The molecule has 0 bridgehead atoms. The first kappa shape index (κ1) is 13.5. The molecule has 2 aromatic carbocycles. The van der Waals surface area contributed by atoms with Crippen LogP contribution in [0.5, 0.6) is 5.75 Å². The Morgan fingerprint density at radius 2 is 1.90 bits per heavy atom. The highest BCUT2D eigenvalue weighted by molar-refractivity contribution is 6.31. The van der Waals surface area contributed by atoms with Crippen LogP contribution < -0.4 is 0 Å². The van der Waals surface area contributed by atoms with Crippen molar-refractivity contribution in [3.63, 3.8) is 0 Å². The third kappa shape index (κ3) is 2.57. The maximum absolute atomic E-state index is 13.1. The van der Waals surface area contributed by atoms with E-state index >= 15 is 0 Å². The van der Waals surface area contributed by atoms with Crippen molar-refractivity contribution in [2.45, 2.75) is 0 Å². The van der Waals surface area contributed by atoms with Crippen LogP contribution in [0.2, 0.25) is 5.02 Å². The van der Waals surface area contributed by atoms with Crippen molar-refractivity contribution < 1.29 is 18.4 Å². The predicted octanol–water partition coefficient (Wildman–Crippen LogP) is 4.04. The molecule has 1 aromatic heterocycles. The van der Waals surface area contributed by atoms with E-state index in [4.69, 9.17) is 16.1 Å². The monoisotopic (exact) mass is 308 g/mol. The number of aromatic nitrogens is 2. The van der Waals surface area contributed by atoms with E-state index in [0.717, 1.165) is 12.1 Å². The van der Waals surface area contributed by atoms with Crippen molar-refractivity contribution in [2.75, 3.05) is 0 Å². The van der Waals surface area contributed by atoms with Crippen LogP contribution in [0, 0.1) is 11.6 Å². The van der Waals surface area contributed by atoms with E-state index in [1.807, 2.05) is 0 Å². The lowest BCUT2D eigenvalue weighted by Gasteiger charge is -1.98. The van der Waals surface area contributed by atoms with Gasteiger partial charge < -0.3 is 9.63 Å². The van der Waals surface area contributed by atoms with Gasteiger partial charge in [-0.2, -0.15) is 4.98 Å². The van der Waals surface area contributed by atoms with Crippen molar-refractivity contribution in [1.29, 1.82) is 0 Å². The summed E-state index contributed by atoms with van der Waals surface area (Å²) in [7, 11) is 0. The Kier molecular flexibility index (Phi) is 3.31. The van der Waals surface area contributed by atoms with Gasteiger partial charge in [0.15, 0.2) is 0 Å². The van der Waals surface area contributed by atoms with Gasteiger partial charge in [0, 0.05) is 11.6 Å². The summed E-state index contributed by atoms with van der Waals surface area (Å²) in [4.78, 5) is 4.07. The number of aromatic hydroxyl groups is 1. The predicted molar refractivity (Wildman–Crippen MR) is 71.8 cm³/mol. The highest BCUT2D eigenvalue weighted by Crippen LogP contribution is 2.30. The van der Waals surface area contributed by atoms with E-state index < -0.39 is 11.6 Å². The Morgan fingerprint density at radius 3 is 2.62 bits per heavy atom. The first-order valence-corrected chi connectivity index (χ1v) is 6.20. The molecule has 0 spiro atoms. The topological polar surface area (TPSA) is 59.2 Å². The van der Waals surface area contributed by atoms with Crippen molar-refractivity contribution >= 4 is 11.6 Å². The number of hydrogen-bond donors (Lipinski definition) is 1. The smallest absolute Gasteiger partial charge is 0.262 e. The Balaban J connectivity index is 2.01. The molecule has 0 fully saturated rings. The Labute approximate surface area is 122 Å². The van der Waals surface area contributed by atoms with Crippen LogP contribution in [0.25, 0.3) is 22.8 Å². The van der Waals surface area contributed by atoms with Gasteiger partial charge >= 0.3 is 0 Å².